The summed E-state index contributed by atoms with van der Waals surface area (Å²) in [6.45, 7) is -1.41. The first kappa shape index (κ1) is 12.5. The van der Waals surface area contributed by atoms with Crippen LogP contribution in [0.3, 0.4) is 0 Å². The molecule has 0 aliphatic rings. The molecular weight excluding hydrogens is 249 g/mol. The molecule has 0 saturated carbocycles. The van der Waals surface area contributed by atoms with Crippen molar-refractivity contribution in [2.24, 2.45) is 0 Å². The van der Waals surface area contributed by atoms with Gasteiger partial charge in [-0.1, -0.05) is 5.10 Å². The van der Waals surface area contributed by atoms with E-state index >= 15 is 0 Å². The van der Waals surface area contributed by atoms with E-state index in [1.54, 1.807) is 5.32 Å². The highest BCUT2D eigenvalue weighted by atomic mass is 32.1. The van der Waals surface area contributed by atoms with Crippen LogP contribution in [-0.4, -0.2) is 36.1 Å². The lowest BCUT2D eigenvalue weighted by atomic mass is 10.6. The van der Waals surface area contributed by atoms with Gasteiger partial charge in [0.1, 0.15) is 6.54 Å². The van der Waals surface area contributed by atoms with Crippen LogP contribution in [0.1, 0.15) is 0 Å². The quantitative estimate of drug-likeness (QED) is 0.852. The van der Waals surface area contributed by atoms with Gasteiger partial charge in [-0.2, -0.15) is 13.2 Å². The molecule has 0 radical (unpaired) electrons. The second kappa shape index (κ2) is 4.96. The van der Waals surface area contributed by atoms with Crippen molar-refractivity contribution < 1.29 is 22.7 Å². The van der Waals surface area contributed by atoms with E-state index < -0.39 is 18.8 Å². The Balaban J connectivity index is 2.40. The summed E-state index contributed by atoms with van der Waals surface area (Å²) in [5.74, 6) is 0. The van der Waals surface area contributed by atoms with Crippen molar-refractivity contribution in [2.75, 3.05) is 19.0 Å². The first-order valence-corrected chi connectivity index (χ1v) is 4.71. The Morgan fingerprint density at radius 3 is 2.69 bits per heavy atom. The lowest BCUT2D eigenvalue weighted by Gasteiger charge is -2.07. The topological polar surface area (TPSA) is 76.1 Å². The number of anilines is 1. The summed E-state index contributed by atoms with van der Waals surface area (Å²) in [6, 6.07) is -1.00. The molecule has 6 nitrogen and oxygen atoms in total. The molecule has 0 unspecified atom stereocenters. The number of nitrogens with one attached hydrogen (secondary N) is 2. The van der Waals surface area contributed by atoms with E-state index in [1.807, 2.05) is 0 Å². The fourth-order valence-electron chi connectivity index (χ4n) is 0.665. The van der Waals surface area contributed by atoms with Crippen molar-refractivity contribution in [2.45, 2.75) is 6.18 Å². The van der Waals surface area contributed by atoms with Crippen LogP contribution in [0.2, 0.25) is 0 Å². The first-order chi connectivity index (χ1) is 7.40. The number of carbonyl (C=O) groups is 1. The van der Waals surface area contributed by atoms with Crippen molar-refractivity contribution in [3.8, 4) is 5.19 Å². The summed E-state index contributed by atoms with van der Waals surface area (Å²) in [5, 5.41) is 10.9. The minimum Gasteiger partial charge on any atom is -0.472 e. The van der Waals surface area contributed by atoms with Crippen LogP contribution in [-0.2, 0) is 0 Å². The first-order valence-electron chi connectivity index (χ1n) is 3.90. The summed E-state index contributed by atoms with van der Waals surface area (Å²) in [6.07, 6.45) is -4.45. The lowest BCUT2D eigenvalue weighted by Crippen LogP contribution is -2.36. The van der Waals surface area contributed by atoms with Crippen molar-refractivity contribution >= 4 is 22.5 Å². The Bertz CT molecular complexity index is 367. The van der Waals surface area contributed by atoms with Gasteiger partial charge in [-0.15, -0.1) is 5.10 Å². The molecule has 16 heavy (non-hydrogen) atoms. The van der Waals surface area contributed by atoms with Crippen molar-refractivity contribution in [3.63, 3.8) is 0 Å². The molecule has 1 heterocycles. The Kier molecular flexibility index (Phi) is 3.88. The number of halogens is 3. The molecule has 1 aromatic heterocycles. The predicted octanol–water partition coefficient (Wildman–Crippen LogP) is 1.23. The summed E-state index contributed by atoms with van der Waals surface area (Å²) in [7, 11) is 1.36. The number of ether oxygens (including phenoxy) is 1. The van der Waals surface area contributed by atoms with E-state index in [0.29, 0.717) is 0 Å². The van der Waals surface area contributed by atoms with E-state index in [0.717, 1.165) is 11.3 Å². The molecule has 0 saturated heterocycles. The number of aromatic nitrogens is 2. The van der Waals surface area contributed by atoms with Gasteiger partial charge in [0.05, 0.1) is 7.11 Å². The maximum absolute atomic E-state index is 11.7. The number of alkyl halides is 3. The molecule has 1 rings (SSSR count). The van der Waals surface area contributed by atoms with Gasteiger partial charge < -0.3 is 10.1 Å². The monoisotopic (exact) mass is 256 g/mol. The summed E-state index contributed by atoms with van der Waals surface area (Å²) in [4.78, 5) is 10.9. The zero-order valence-electron chi connectivity index (χ0n) is 7.96. The summed E-state index contributed by atoms with van der Waals surface area (Å²) < 4.78 is 39.9. The second-order valence-electron chi connectivity index (χ2n) is 2.50. The van der Waals surface area contributed by atoms with Crippen molar-refractivity contribution in [1.29, 1.82) is 0 Å². The molecule has 0 bridgehead atoms. The molecule has 0 atom stereocenters. The largest absolute Gasteiger partial charge is 0.472 e. The van der Waals surface area contributed by atoms with Gasteiger partial charge in [0.15, 0.2) is 0 Å². The maximum atomic E-state index is 11.7. The second-order valence-corrected chi connectivity index (χ2v) is 3.44. The van der Waals surface area contributed by atoms with Gasteiger partial charge in [-0.05, 0) is 11.3 Å². The van der Waals surface area contributed by atoms with Gasteiger partial charge in [0, 0.05) is 0 Å². The number of carbonyl (C=O) groups excluding carboxylic acids is 1. The summed E-state index contributed by atoms with van der Waals surface area (Å²) >= 11 is 0.897. The average Bonchev–Trinajstić information content (AvgIpc) is 2.61. The molecule has 0 aliphatic heterocycles. The number of methoxy groups -OCH3 is 1. The third-order valence-electron chi connectivity index (χ3n) is 1.25. The molecule has 90 valence electrons. The molecule has 0 aliphatic carbocycles. The molecule has 0 aromatic carbocycles. The Labute approximate surface area is 91.8 Å². The third kappa shape index (κ3) is 4.29. The van der Waals surface area contributed by atoms with E-state index in [2.05, 4.69) is 20.3 Å². The fourth-order valence-corrected chi connectivity index (χ4v) is 1.22. The zero-order valence-corrected chi connectivity index (χ0v) is 8.78. The Morgan fingerprint density at radius 1 is 1.50 bits per heavy atom. The summed E-state index contributed by atoms with van der Waals surface area (Å²) in [5.41, 5.74) is 0. The van der Waals surface area contributed by atoms with Crippen LogP contribution in [0, 0.1) is 0 Å². The number of amides is 2. The van der Waals surface area contributed by atoms with Gasteiger partial charge in [0.2, 0.25) is 5.13 Å². The number of urea groups is 1. The number of nitrogens with zero attached hydrogens (tertiary/aromatic N) is 2. The number of hydrogen-bond acceptors (Lipinski definition) is 5. The van der Waals surface area contributed by atoms with Crippen LogP contribution in [0.25, 0.3) is 0 Å². The lowest BCUT2D eigenvalue weighted by molar-refractivity contribution is -0.122. The van der Waals surface area contributed by atoms with Crippen LogP contribution < -0.4 is 15.4 Å². The smallest absolute Gasteiger partial charge is 0.405 e. The van der Waals surface area contributed by atoms with Crippen LogP contribution in [0.4, 0.5) is 23.1 Å². The normalized spacial score (nSPS) is 11.0. The SMILES string of the molecule is COc1nnc(NC(=O)NCC(F)(F)F)s1. The molecular formula is C6H7F3N4O2S. The van der Waals surface area contributed by atoms with E-state index in [1.165, 1.54) is 7.11 Å². The number of rotatable bonds is 3. The molecule has 0 spiro atoms. The fraction of sp³-hybridized carbons (Fsp3) is 0.500. The highest BCUT2D eigenvalue weighted by molar-refractivity contribution is 7.17. The molecule has 2 N–H and O–H groups in total. The van der Waals surface area contributed by atoms with Crippen molar-refractivity contribution in [1.82, 2.24) is 15.5 Å². The highest BCUT2D eigenvalue weighted by Gasteiger charge is 2.27. The standard InChI is InChI=1S/C6H7F3N4O2S/c1-15-5-13-12-4(16-5)11-3(14)10-2-6(7,8)9/h2H2,1H3,(H2,10,11,12,14). The minimum absolute atomic E-state index is 0.0523. The Morgan fingerprint density at radius 2 is 2.19 bits per heavy atom. The van der Waals surface area contributed by atoms with Crippen LogP contribution >= 0.6 is 11.3 Å². The van der Waals surface area contributed by atoms with Gasteiger partial charge in [-0.3, -0.25) is 5.32 Å². The highest BCUT2D eigenvalue weighted by Crippen LogP contribution is 2.21. The minimum atomic E-state index is -4.45. The van der Waals surface area contributed by atoms with Gasteiger partial charge >= 0.3 is 12.2 Å². The average molecular weight is 256 g/mol. The van der Waals surface area contributed by atoms with E-state index in [-0.39, 0.29) is 10.3 Å². The maximum Gasteiger partial charge on any atom is 0.405 e. The van der Waals surface area contributed by atoms with Gasteiger partial charge in [0.25, 0.3) is 5.19 Å². The van der Waals surface area contributed by atoms with E-state index in [4.69, 9.17) is 0 Å². The molecule has 2 amide bonds. The number of hydrogen-bond donors (Lipinski definition) is 2. The third-order valence-corrected chi connectivity index (χ3v) is 2.05. The van der Waals surface area contributed by atoms with Gasteiger partial charge in [-0.25, -0.2) is 4.79 Å². The van der Waals surface area contributed by atoms with Crippen LogP contribution in [0.5, 0.6) is 5.19 Å². The molecule has 1 aromatic rings. The van der Waals surface area contributed by atoms with E-state index in [9.17, 15) is 18.0 Å². The molecule has 0 fully saturated rings. The Hall–Kier alpha value is -1.58. The van der Waals surface area contributed by atoms with Crippen LogP contribution in [0.15, 0.2) is 0 Å². The predicted molar refractivity (Wildman–Crippen MR) is 49.5 cm³/mol. The molecule has 10 heteroatoms. The zero-order chi connectivity index (χ0) is 12.2. The van der Waals surface area contributed by atoms with Crippen molar-refractivity contribution in [3.05, 3.63) is 0 Å².